The van der Waals surface area contributed by atoms with Crippen LogP contribution in [0.1, 0.15) is 41.6 Å². The van der Waals surface area contributed by atoms with Crippen LogP contribution in [-0.4, -0.2) is 39.5 Å². The SMILES string of the molecule is CCN(c1nc(C(=O)Nc2ccc(C(=O)O)cc2)cc2ccncc12)C(C)C. The molecule has 1 amide bonds. The Morgan fingerprint density at radius 1 is 1.18 bits per heavy atom. The van der Waals surface area contributed by atoms with Gasteiger partial charge in [0, 0.05) is 36.1 Å². The molecule has 0 spiro atoms. The summed E-state index contributed by atoms with van der Waals surface area (Å²) in [6, 6.07) is 9.80. The molecule has 3 rings (SSSR count). The highest BCUT2D eigenvalue weighted by Crippen LogP contribution is 2.27. The number of hydrogen-bond acceptors (Lipinski definition) is 5. The molecular weight excluding hydrogens is 356 g/mol. The highest BCUT2D eigenvalue weighted by molar-refractivity contribution is 6.06. The third kappa shape index (κ3) is 3.93. The molecule has 3 aromatic rings. The maximum absolute atomic E-state index is 12.8. The van der Waals surface area contributed by atoms with E-state index in [1.165, 1.54) is 12.1 Å². The lowest BCUT2D eigenvalue weighted by molar-refractivity contribution is 0.0696. The highest BCUT2D eigenvalue weighted by atomic mass is 16.4. The van der Waals surface area contributed by atoms with Gasteiger partial charge in [0.25, 0.3) is 5.91 Å². The first kappa shape index (κ1) is 19.3. The van der Waals surface area contributed by atoms with Crippen LogP contribution in [0, 0.1) is 0 Å². The van der Waals surface area contributed by atoms with Gasteiger partial charge in [0.05, 0.1) is 5.56 Å². The summed E-state index contributed by atoms with van der Waals surface area (Å²) < 4.78 is 0. The number of carbonyl (C=O) groups is 2. The number of carboxylic acids is 1. The number of amides is 1. The summed E-state index contributed by atoms with van der Waals surface area (Å²) in [5, 5.41) is 13.5. The lowest BCUT2D eigenvalue weighted by atomic mass is 10.1. The lowest BCUT2D eigenvalue weighted by Gasteiger charge is -2.27. The molecule has 28 heavy (non-hydrogen) atoms. The van der Waals surface area contributed by atoms with E-state index in [1.54, 1.807) is 30.6 Å². The molecule has 2 heterocycles. The predicted molar refractivity (Wildman–Crippen MR) is 109 cm³/mol. The smallest absolute Gasteiger partial charge is 0.335 e. The highest BCUT2D eigenvalue weighted by Gasteiger charge is 2.18. The van der Waals surface area contributed by atoms with Crippen LogP contribution >= 0.6 is 0 Å². The van der Waals surface area contributed by atoms with Crippen LogP contribution in [0.25, 0.3) is 10.8 Å². The molecule has 7 heteroatoms. The second kappa shape index (κ2) is 8.04. The summed E-state index contributed by atoms with van der Waals surface area (Å²) in [7, 11) is 0. The van der Waals surface area contributed by atoms with Crippen LogP contribution in [-0.2, 0) is 0 Å². The van der Waals surface area contributed by atoms with E-state index in [9.17, 15) is 9.59 Å². The predicted octanol–water partition coefficient (Wildman–Crippen LogP) is 3.82. The van der Waals surface area contributed by atoms with Crippen LogP contribution in [0.4, 0.5) is 11.5 Å². The monoisotopic (exact) mass is 378 g/mol. The number of aromatic nitrogens is 2. The molecule has 1 aromatic carbocycles. The van der Waals surface area contributed by atoms with Crippen LogP contribution in [0.15, 0.2) is 48.8 Å². The van der Waals surface area contributed by atoms with Gasteiger partial charge in [-0.25, -0.2) is 9.78 Å². The Balaban J connectivity index is 1.98. The zero-order valence-electron chi connectivity index (χ0n) is 16.0. The Morgan fingerprint density at radius 2 is 1.89 bits per heavy atom. The van der Waals surface area contributed by atoms with E-state index in [4.69, 9.17) is 5.11 Å². The molecular formula is C21H22N4O3. The Morgan fingerprint density at radius 3 is 2.50 bits per heavy atom. The number of hydrogen-bond donors (Lipinski definition) is 2. The number of carboxylic acid groups (broad SMARTS) is 1. The zero-order valence-corrected chi connectivity index (χ0v) is 16.0. The van der Waals surface area contributed by atoms with Crippen molar-refractivity contribution in [2.24, 2.45) is 0 Å². The second-order valence-corrected chi connectivity index (χ2v) is 6.64. The van der Waals surface area contributed by atoms with Crippen molar-refractivity contribution in [3.05, 3.63) is 60.0 Å². The van der Waals surface area contributed by atoms with Crippen molar-refractivity contribution in [3.63, 3.8) is 0 Å². The molecule has 0 fully saturated rings. The second-order valence-electron chi connectivity index (χ2n) is 6.64. The Hall–Kier alpha value is -3.48. The standard InChI is InChI=1S/C21H22N4O3/c1-4-25(13(2)3)19-17-12-22-10-9-15(17)11-18(24-19)20(26)23-16-7-5-14(6-8-16)21(27)28/h5-13H,4H2,1-3H3,(H,23,26)(H,27,28). The van der Waals surface area contributed by atoms with Crippen LogP contribution in [0.3, 0.4) is 0 Å². The minimum absolute atomic E-state index is 0.159. The number of anilines is 2. The van der Waals surface area contributed by atoms with Crippen molar-refractivity contribution in [2.45, 2.75) is 26.8 Å². The quantitative estimate of drug-likeness (QED) is 0.677. The van der Waals surface area contributed by atoms with Gasteiger partial charge in [-0.15, -0.1) is 0 Å². The molecule has 0 bridgehead atoms. The van der Waals surface area contributed by atoms with Crippen LogP contribution < -0.4 is 10.2 Å². The van der Waals surface area contributed by atoms with Gasteiger partial charge in [-0.3, -0.25) is 9.78 Å². The largest absolute Gasteiger partial charge is 0.478 e. The molecule has 0 saturated carbocycles. The van der Waals surface area contributed by atoms with Gasteiger partial charge in [-0.2, -0.15) is 0 Å². The van der Waals surface area contributed by atoms with E-state index >= 15 is 0 Å². The normalized spacial score (nSPS) is 10.9. The number of rotatable bonds is 6. The van der Waals surface area contributed by atoms with Crippen molar-refractivity contribution in [1.82, 2.24) is 9.97 Å². The Kier molecular flexibility index (Phi) is 5.54. The first-order valence-electron chi connectivity index (χ1n) is 9.06. The number of pyridine rings is 2. The molecule has 0 saturated heterocycles. The van der Waals surface area contributed by atoms with E-state index in [1.807, 2.05) is 13.0 Å². The van der Waals surface area contributed by atoms with Crippen molar-refractivity contribution in [2.75, 3.05) is 16.8 Å². The number of carbonyl (C=O) groups excluding carboxylic acids is 1. The zero-order chi connectivity index (χ0) is 20.3. The fourth-order valence-corrected chi connectivity index (χ4v) is 3.06. The summed E-state index contributed by atoms with van der Waals surface area (Å²) in [5.41, 5.74) is 0.951. The van der Waals surface area contributed by atoms with Crippen molar-refractivity contribution in [3.8, 4) is 0 Å². The van der Waals surface area contributed by atoms with Crippen molar-refractivity contribution >= 4 is 34.2 Å². The molecule has 0 atom stereocenters. The molecule has 0 radical (unpaired) electrons. The fraction of sp³-hybridized carbons (Fsp3) is 0.238. The molecule has 0 aliphatic heterocycles. The fourth-order valence-electron chi connectivity index (χ4n) is 3.06. The number of benzene rings is 1. The van der Waals surface area contributed by atoms with Gasteiger partial charge in [-0.1, -0.05) is 0 Å². The number of fused-ring (bicyclic) bond motifs is 1. The number of nitrogens with zero attached hydrogens (tertiary/aromatic N) is 3. The van der Waals surface area contributed by atoms with Crippen molar-refractivity contribution in [1.29, 1.82) is 0 Å². The summed E-state index contributed by atoms with van der Waals surface area (Å²) in [6.45, 7) is 6.94. The lowest BCUT2D eigenvalue weighted by Crippen LogP contribution is -2.32. The Bertz CT molecular complexity index is 1020. The van der Waals surface area contributed by atoms with Gasteiger partial charge in [0.15, 0.2) is 0 Å². The minimum atomic E-state index is -1.01. The molecule has 2 N–H and O–H groups in total. The summed E-state index contributed by atoms with van der Waals surface area (Å²) in [5.74, 6) is -0.655. The average molecular weight is 378 g/mol. The van der Waals surface area contributed by atoms with Crippen LogP contribution in [0.5, 0.6) is 0 Å². The summed E-state index contributed by atoms with van der Waals surface area (Å²) in [6.07, 6.45) is 3.44. The van der Waals surface area contributed by atoms with E-state index in [2.05, 4.69) is 34.0 Å². The topological polar surface area (TPSA) is 95.4 Å². The molecule has 144 valence electrons. The minimum Gasteiger partial charge on any atom is -0.478 e. The van der Waals surface area contributed by atoms with Gasteiger partial charge in [0.1, 0.15) is 11.5 Å². The first-order valence-corrected chi connectivity index (χ1v) is 9.06. The van der Waals surface area contributed by atoms with E-state index in [0.717, 1.165) is 23.1 Å². The molecule has 0 aliphatic rings. The first-order chi connectivity index (χ1) is 13.4. The van der Waals surface area contributed by atoms with E-state index in [-0.39, 0.29) is 23.2 Å². The molecule has 0 unspecified atom stereocenters. The maximum Gasteiger partial charge on any atom is 0.335 e. The van der Waals surface area contributed by atoms with Gasteiger partial charge >= 0.3 is 5.97 Å². The van der Waals surface area contributed by atoms with E-state index < -0.39 is 5.97 Å². The maximum atomic E-state index is 12.8. The molecule has 7 nitrogen and oxygen atoms in total. The van der Waals surface area contributed by atoms with Crippen LogP contribution in [0.2, 0.25) is 0 Å². The third-order valence-electron chi connectivity index (χ3n) is 4.47. The molecule has 0 aliphatic carbocycles. The van der Waals surface area contributed by atoms with Crippen molar-refractivity contribution < 1.29 is 14.7 Å². The van der Waals surface area contributed by atoms with E-state index in [0.29, 0.717) is 5.69 Å². The Labute approximate surface area is 163 Å². The summed E-state index contributed by atoms with van der Waals surface area (Å²) >= 11 is 0. The van der Waals surface area contributed by atoms with Gasteiger partial charge < -0.3 is 15.3 Å². The summed E-state index contributed by atoms with van der Waals surface area (Å²) in [4.78, 5) is 34.7. The molecule has 2 aromatic heterocycles. The number of aromatic carboxylic acids is 1. The average Bonchev–Trinajstić information content (AvgIpc) is 2.68. The van der Waals surface area contributed by atoms with Gasteiger partial charge in [-0.05, 0) is 62.6 Å². The third-order valence-corrected chi connectivity index (χ3v) is 4.47. The number of nitrogens with one attached hydrogen (secondary N) is 1. The van der Waals surface area contributed by atoms with Gasteiger partial charge in [0.2, 0.25) is 0 Å².